The topological polar surface area (TPSA) is 53.3 Å². The molecule has 3 aliphatic rings. The number of amides is 1. The van der Waals surface area contributed by atoms with Crippen LogP contribution in [0.1, 0.15) is 44.9 Å². The number of carbonyl (C=O) groups excluding carboxylic acids is 1. The molecule has 4 heteroatoms. The lowest BCUT2D eigenvalue weighted by molar-refractivity contribution is -0.145. The van der Waals surface area contributed by atoms with Crippen LogP contribution in [0.15, 0.2) is 0 Å². The highest BCUT2D eigenvalue weighted by atomic mass is 16.5. The second kappa shape index (κ2) is 5.13. The lowest BCUT2D eigenvalue weighted by Crippen LogP contribution is -2.49. The summed E-state index contributed by atoms with van der Waals surface area (Å²) in [5.41, 5.74) is -0.801. The van der Waals surface area contributed by atoms with Crippen molar-refractivity contribution in [1.29, 1.82) is 5.26 Å². The number of carbonyl (C=O) groups is 1. The third-order valence-electron chi connectivity index (χ3n) is 5.24. The maximum atomic E-state index is 12.9. The molecule has 3 rings (SSSR count). The van der Waals surface area contributed by atoms with Crippen molar-refractivity contribution in [2.24, 2.45) is 11.3 Å². The van der Waals surface area contributed by atoms with Gasteiger partial charge in [-0.2, -0.15) is 5.26 Å². The van der Waals surface area contributed by atoms with Gasteiger partial charge in [-0.25, -0.2) is 0 Å². The summed E-state index contributed by atoms with van der Waals surface area (Å²) in [5, 5.41) is 9.52. The Morgan fingerprint density at radius 3 is 2.68 bits per heavy atom. The van der Waals surface area contributed by atoms with Crippen molar-refractivity contribution < 1.29 is 9.53 Å². The molecule has 0 aromatic heterocycles. The molecule has 1 aliphatic carbocycles. The van der Waals surface area contributed by atoms with Crippen molar-refractivity contribution in [2.45, 2.75) is 51.0 Å². The summed E-state index contributed by atoms with van der Waals surface area (Å²) in [7, 11) is 0. The summed E-state index contributed by atoms with van der Waals surface area (Å²) in [4.78, 5) is 14.9. The van der Waals surface area contributed by atoms with Crippen LogP contribution in [0.4, 0.5) is 0 Å². The molecule has 0 bridgehead atoms. The Morgan fingerprint density at radius 2 is 1.95 bits per heavy atom. The van der Waals surface area contributed by atoms with Crippen LogP contribution in [0.5, 0.6) is 0 Å². The molecule has 19 heavy (non-hydrogen) atoms. The van der Waals surface area contributed by atoms with Gasteiger partial charge in [-0.1, -0.05) is 12.8 Å². The van der Waals surface area contributed by atoms with Crippen molar-refractivity contribution in [1.82, 2.24) is 4.90 Å². The van der Waals surface area contributed by atoms with Gasteiger partial charge < -0.3 is 9.64 Å². The molecular weight excluding hydrogens is 240 g/mol. The van der Waals surface area contributed by atoms with Crippen LogP contribution in [0.3, 0.4) is 0 Å². The van der Waals surface area contributed by atoms with E-state index in [0.717, 1.165) is 19.4 Å². The molecular formula is C15H22N2O2. The van der Waals surface area contributed by atoms with Crippen molar-refractivity contribution in [2.75, 3.05) is 19.8 Å². The first-order valence-corrected chi connectivity index (χ1v) is 7.57. The maximum absolute atomic E-state index is 12.9. The summed E-state index contributed by atoms with van der Waals surface area (Å²) >= 11 is 0. The van der Waals surface area contributed by atoms with E-state index >= 15 is 0 Å². The molecule has 2 atom stereocenters. The molecule has 104 valence electrons. The second-order valence-electron chi connectivity index (χ2n) is 6.21. The third-order valence-corrected chi connectivity index (χ3v) is 5.24. The van der Waals surface area contributed by atoms with Crippen LogP contribution >= 0.6 is 0 Å². The Balaban J connectivity index is 1.77. The minimum absolute atomic E-state index is 0.0905. The average Bonchev–Trinajstić information content (AvgIpc) is 2.91. The van der Waals surface area contributed by atoms with Crippen molar-refractivity contribution >= 4 is 5.91 Å². The van der Waals surface area contributed by atoms with Gasteiger partial charge in [-0.3, -0.25) is 4.79 Å². The zero-order valence-corrected chi connectivity index (χ0v) is 11.4. The van der Waals surface area contributed by atoms with Gasteiger partial charge in [0.15, 0.2) is 0 Å². The summed E-state index contributed by atoms with van der Waals surface area (Å²) < 4.78 is 5.32. The predicted octanol–water partition coefficient (Wildman–Crippen LogP) is 2.10. The molecule has 0 radical (unpaired) electrons. The van der Waals surface area contributed by atoms with Crippen LogP contribution in [0.2, 0.25) is 0 Å². The van der Waals surface area contributed by atoms with E-state index in [-0.39, 0.29) is 5.91 Å². The summed E-state index contributed by atoms with van der Waals surface area (Å²) in [5.74, 6) is 0.779. The van der Waals surface area contributed by atoms with Crippen LogP contribution in [-0.4, -0.2) is 36.6 Å². The summed E-state index contributed by atoms with van der Waals surface area (Å²) in [6, 6.07) is 2.73. The van der Waals surface area contributed by atoms with Gasteiger partial charge in [-0.15, -0.1) is 0 Å². The molecule has 0 aromatic carbocycles. The van der Waals surface area contributed by atoms with E-state index in [9.17, 15) is 10.1 Å². The Bertz CT molecular complexity index is 395. The monoisotopic (exact) mass is 262 g/mol. The first kappa shape index (κ1) is 12.9. The highest BCUT2D eigenvalue weighted by Gasteiger charge is 2.48. The predicted molar refractivity (Wildman–Crippen MR) is 70.2 cm³/mol. The molecule has 3 fully saturated rings. The zero-order valence-electron chi connectivity index (χ0n) is 11.4. The fourth-order valence-electron chi connectivity index (χ4n) is 4.03. The van der Waals surface area contributed by atoms with Gasteiger partial charge in [0.1, 0.15) is 5.41 Å². The zero-order chi connectivity index (χ0) is 13.3. The smallest absolute Gasteiger partial charge is 0.243 e. The molecule has 0 spiro atoms. The Labute approximate surface area is 114 Å². The Hall–Kier alpha value is -1.08. The van der Waals surface area contributed by atoms with E-state index in [4.69, 9.17) is 4.74 Å². The van der Waals surface area contributed by atoms with Gasteiger partial charge >= 0.3 is 0 Å². The van der Waals surface area contributed by atoms with E-state index in [1.54, 1.807) is 0 Å². The number of fused-ring (bicyclic) bond motifs is 1. The van der Waals surface area contributed by atoms with Gasteiger partial charge in [0.05, 0.1) is 6.07 Å². The summed E-state index contributed by atoms with van der Waals surface area (Å²) in [6.45, 7) is 1.95. The van der Waals surface area contributed by atoms with Gasteiger partial charge in [0.2, 0.25) is 5.91 Å². The summed E-state index contributed by atoms with van der Waals surface area (Å²) in [6.07, 6.45) is 7.19. The molecule has 1 saturated carbocycles. The first-order valence-electron chi connectivity index (χ1n) is 7.57. The normalized spacial score (nSPS) is 33.5. The minimum atomic E-state index is -0.801. The SMILES string of the molecule is N#CC1(C(=O)N2CCC3CCCCC32)CCOCC1. The highest BCUT2D eigenvalue weighted by Crippen LogP contribution is 2.40. The quantitative estimate of drug-likeness (QED) is 0.727. The molecule has 2 unspecified atom stereocenters. The van der Waals surface area contributed by atoms with Crippen molar-refractivity contribution in [3.8, 4) is 6.07 Å². The van der Waals surface area contributed by atoms with Crippen molar-refractivity contribution in [3.05, 3.63) is 0 Å². The molecule has 4 nitrogen and oxygen atoms in total. The Kier molecular flexibility index (Phi) is 3.49. The first-order chi connectivity index (χ1) is 9.27. The van der Waals surface area contributed by atoms with Crippen LogP contribution < -0.4 is 0 Å². The maximum Gasteiger partial charge on any atom is 0.243 e. The standard InChI is InChI=1S/C15H22N2O2/c16-11-15(6-9-19-10-7-15)14(18)17-8-5-12-3-1-2-4-13(12)17/h12-13H,1-10H2. The van der Waals surface area contributed by atoms with Crippen LogP contribution in [-0.2, 0) is 9.53 Å². The fourth-order valence-corrected chi connectivity index (χ4v) is 4.03. The van der Waals surface area contributed by atoms with Gasteiger partial charge in [0, 0.05) is 25.8 Å². The fraction of sp³-hybridized carbons (Fsp3) is 0.867. The van der Waals surface area contributed by atoms with E-state index < -0.39 is 5.41 Å². The molecule has 2 saturated heterocycles. The number of nitriles is 1. The van der Waals surface area contributed by atoms with E-state index in [1.807, 2.05) is 4.90 Å². The largest absolute Gasteiger partial charge is 0.381 e. The molecule has 0 N–H and O–H groups in total. The molecule has 2 heterocycles. The third kappa shape index (κ3) is 2.14. The minimum Gasteiger partial charge on any atom is -0.381 e. The lowest BCUT2D eigenvalue weighted by Gasteiger charge is -2.38. The molecule has 2 aliphatic heterocycles. The van der Waals surface area contributed by atoms with Gasteiger partial charge in [0.25, 0.3) is 0 Å². The number of hydrogen-bond acceptors (Lipinski definition) is 3. The van der Waals surface area contributed by atoms with E-state index in [1.165, 1.54) is 19.3 Å². The van der Waals surface area contributed by atoms with E-state index in [0.29, 0.717) is 38.0 Å². The number of ether oxygens (including phenoxy) is 1. The number of rotatable bonds is 1. The Morgan fingerprint density at radius 1 is 1.21 bits per heavy atom. The van der Waals surface area contributed by atoms with Crippen molar-refractivity contribution in [3.63, 3.8) is 0 Å². The number of nitrogens with zero attached hydrogens (tertiary/aromatic N) is 2. The molecule has 1 amide bonds. The highest BCUT2D eigenvalue weighted by molar-refractivity contribution is 5.86. The second-order valence-corrected chi connectivity index (χ2v) is 6.21. The number of hydrogen-bond donors (Lipinski definition) is 0. The molecule has 0 aromatic rings. The van der Waals surface area contributed by atoms with E-state index in [2.05, 4.69) is 6.07 Å². The average molecular weight is 262 g/mol. The van der Waals surface area contributed by atoms with Gasteiger partial charge in [-0.05, 0) is 38.0 Å². The lowest BCUT2D eigenvalue weighted by atomic mass is 9.79. The van der Waals surface area contributed by atoms with Crippen LogP contribution in [0, 0.1) is 22.7 Å². The number of likely N-dealkylation sites (tertiary alicyclic amines) is 1. The van der Waals surface area contributed by atoms with Crippen LogP contribution in [0.25, 0.3) is 0 Å².